The van der Waals surface area contributed by atoms with E-state index < -0.39 is 18.5 Å². The molecule has 1 aliphatic rings. The van der Waals surface area contributed by atoms with E-state index in [4.69, 9.17) is 18.9 Å². The topological polar surface area (TPSA) is 57.2 Å². The lowest BCUT2D eigenvalue weighted by atomic mass is 10.0. The first-order valence-corrected chi connectivity index (χ1v) is 12.4. The van der Waals surface area contributed by atoms with E-state index in [0.717, 1.165) is 16.7 Å². The van der Waals surface area contributed by atoms with E-state index in [1.807, 2.05) is 91.0 Å². The smallest absolute Gasteiger partial charge is 0.169 e. The Labute approximate surface area is 208 Å². The average molecular weight is 560 g/mol. The summed E-state index contributed by atoms with van der Waals surface area (Å²) >= 11 is 2.19. The molecule has 3 aromatic carbocycles. The molecule has 1 heterocycles. The summed E-state index contributed by atoms with van der Waals surface area (Å²) in [5, 5.41) is 10.6. The van der Waals surface area contributed by atoms with Gasteiger partial charge < -0.3 is 24.1 Å². The van der Waals surface area contributed by atoms with E-state index in [1.54, 1.807) is 0 Å². The molecular weight excluding hydrogens is 531 g/mol. The van der Waals surface area contributed by atoms with E-state index in [0.29, 0.717) is 26.4 Å². The van der Waals surface area contributed by atoms with Crippen LogP contribution in [0.25, 0.3) is 0 Å². The van der Waals surface area contributed by atoms with Crippen molar-refractivity contribution in [3.8, 4) is 0 Å². The molecule has 0 bridgehead atoms. The summed E-state index contributed by atoms with van der Waals surface area (Å²) in [5.74, 6) is 0. The molecule has 1 N–H and O–H groups in total. The Morgan fingerprint density at radius 1 is 0.667 bits per heavy atom. The van der Waals surface area contributed by atoms with Crippen molar-refractivity contribution in [3.63, 3.8) is 0 Å². The fourth-order valence-electron chi connectivity index (χ4n) is 3.81. The average Bonchev–Trinajstić information content (AvgIpc) is 2.86. The predicted molar refractivity (Wildman–Crippen MR) is 135 cm³/mol. The molecule has 0 radical (unpaired) electrons. The summed E-state index contributed by atoms with van der Waals surface area (Å²) in [6, 6.07) is 30.0. The first kappa shape index (κ1) is 24.3. The van der Waals surface area contributed by atoms with Gasteiger partial charge in [-0.15, -0.1) is 0 Å². The summed E-state index contributed by atoms with van der Waals surface area (Å²) in [5.41, 5.74) is 3.22. The zero-order chi connectivity index (χ0) is 22.9. The molecule has 0 aromatic heterocycles. The van der Waals surface area contributed by atoms with E-state index in [-0.39, 0.29) is 10.0 Å². The first-order valence-electron chi connectivity index (χ1n) is 11.1. The molecule has 0 unspecified atom stereocenters. The number of hydrogen-bond donors (Lipinski definition) is 1. The third-order valence-electron chi connectivity index (χ3n) is 5.55. The van der Waals surface area contributed by atoms with Crippen LogP contribution in [0, 0.1) is 0 Å². The highest BCUT2D eigenvalue weighted by molar-refractivity contribution is 14.1. The van der Waals surface area contributed by atoms with Gasteiger partial charge in [0, 0.05) is 0 Å². The van der Waals surface area contributed by atoms with Crippen molar-refractivity contribution in [2.45, 2.75) is 48.3 Å². The SMILES string of the molecule is O[C@H]1O[C@H](COCc2ccccc2)[C@@H](OCc2ccccc2)[C@H](OCc2ccccc2)[C@@H]1I. The number of ether oxygens (including phenoxy) is 4. The first-order chi connectivity index (χ1) is 16.2. The number of hydrogen-bond acceptors (Lipinski definition) is 5. The number of aliphatic hydroxyl groups excluding tert-OH is 1. The van der Waals surface area contributed by atoms with Crippen molar-refractivity contribution < 1.29 is 24.1 Å². The minimum Gasteiger partial charge on any atom is -0.374 e. The molecule has 1 aliphatic heterocycles. The second kappa shape index (κ2) is 12.6. The van der Waals surface area contributed by atoms with Crippen LogP contribution in [-0.4, -0.2) is 40.2 Å². The zero-order valence-corrected chi connectivity index (χ0v) is 20.5. The number of rotatable bonds is 10. The van der Waals surface area contributed by atoms with Crippen molar-refractivity contribution in [3.05, 3.63) is 108 Å². The van der Waals surface area contributed by atoms with E-state index >= 15 is 0 Å². The van der Waals surface area contributed by atoms with Crippen LogP contribution >= 0.6 is 22.6 Å². The van der Waals surface area contributed by atoms with Crippen molar-refractivity contribution in [1.82, 2.24) is 0 Å². The Bertz CT molecular complexity index is 941. The fraction of sp³-hybridized carbons (Fsp3) is 0.333. The molecular formula is C27H29IO5. The monoisotopic (exact) mass is 560 g/mol. The number of halogens is 1. The largest absolute Gasteiger partial charge is 0.374 e. The van der Waals surface area contributed by atoms with Gasteiger partial charge in [-0.2, -0.15) is 0 Å². The van der Waals surface area contributed by atoms with Gasteiger partial charge in [-0.25, -0.2) is 0 Å². The number of alkyl halides is 1. The molecule has 0 saturated carbocycles. The maximum Gasteiger partial charge on any atom is 0.169 e. The molecule has 1 fully saturated rings. The number of benzene rings is 3. The van der Waals surface area contributed by atoms with Crippen LogP contribution in [-0.2, 0) is 38.8 Å². The van der Waals surface area contributed by atoms with Gasteiger partial charge in [0.15, 0.2) is 6.29 Å². The van der Waals surface area contributed by atoms with Crippen LogP contribution in [0.15, 0.2) is 91.0 Å². The van der Waals surface area contributed by atoms with Crippen molar-refractivity contribution in [1.29, 1.82) is 0 Å². The lowest BCUT2D eigenvalue weighted by Gasteiger charge is -2.42. The van der Waals surface area contributed by atoms with Gasteiger partial charge in [0.2, 0.25) is 0 Å². The quantitative estimate of drug-likeness (QED) is 0.283. The molecule has 0 amide bonds. The van der Waals surface area contributed by atoms with Gasteiger partial charge >= 0.3 is 0 Å². The third kappa shape index (κ3) is 7.09. The van der Waals surface area contributed by atoms with Crippen LogP contribution < -0.4 is 0 Å². The Hall–Kier alpha value is -1.81. The van der Waals surface area contributed by atoms with E-state index in [9.17, 15) is 5.11 Å². The highest BCUT2D eigenvalue weighted by Gasteiger charge is 2.46. The Balaban J connectivity index is 1.46. The molecule has 3 aromatic rings. The highest BCUT2D eigenvalue weighted by atomic mass is 127. The van der Waals surface area contributed by atoms with Gasteiger partial charge in [0.25, 0.3) is 0 Å². The summed E-state index contributed by atoms with van der Waals surface area (Å²) in [6.45, 7) is 1.61. The van der Waals surface area contributed by atoms with Gasteiger partial charge in [0.05, 0.1) is 30.4 Å². The van der Waals surface area contributed by atoms with Crippen molar-refractivity contribution in [2.24, 2.45) is 0 Å². The van der Waals surface area contributed by atoms with Gasteiger partial charge in [-0.3, -0.25) is 0 Å². The molecule has 5 atom stereocenters. The summed E-state index contributed by atoms with van der Waals surface area (Å²) in [4.78, 5) is 0. The fourth-order valence-corrected chi connectivity index (χ4v) is 4.60. The van der Waals surface area contributed by atoms with Gasteiger partial charge in [0.1, 0.15) is 18.3 Å². The van der Waals surface area contributed by atoms with Crippen LogP contribution in [0.1, 0.15) is 16.7 Å². The van der Waals surface area contributed by atoms with Crippen LogP contribution in [0.5, 0.6) is 0 Å². The molecule has 1 saturated heterocycles. The Morgan fingerprint density at radius 2 is 1.12 bits per heavy atom. The van der Waals surface area contributed by atoms with Crippen molar-refractivity contribution in [2.75, 3.05) is 6.61 Å². The maximum absolute atomic E-state index is 10.6. The van der Waals surface area contributed by atoms with E-state index in [1.165, 1.54) is 0 Å². The predicted octanol–water partition coefficient (Wildman–Crippen LogP) is 4.89. The summed E-state index contributed by atoms with van der Waals surface area (Å²) in [6.07, 6.45) is -2.17. The Kier molecular flexibility index (Phi) is 9.28. The minimum absolute atomic E-state index is 0.280. The normalized spacial score (nSPS) is 25.1. The minimum atomic E-state index is -0.965. The van der Waals surface area contributed by atoms with Gasteiger partial charge in [-0.1, -0.05) is 114 Å². The van der Waals surface area contributed by atoms with Crippen LogP contribution in [0.3, 0.4) is 0 Å². The van der Waals surface area contributed by atoms with Gasteiger partial charge in [-0.05, 0) is 16.7 Å². The summed E-state index contributed by atoms with van der Waals surface area (Å²) in [7, 11) is 0. The lowest BCUT2D eigenvalue weighted by Crippen LogP contribution is -2.58. The van der Waals surface area contributed by atoms with Crippen molar-refractivity contribution >= 4 is 22.6 Å². The van der Waals surface area contributed by atoms with E-state index in [2.05, 4.69) is 22.6 Å². The molecule has 0 aliphatic carbocycles. The second-order valence-electron chi connectivity index (χ2n) is 8.03. The molecule has 174 valence electrons. The molecule has 33 heavy (non-hydrogen) atoms. The molecule has 5 nitrogen and oxygen atoms in total. The van der Waals surface area contributed by atoms with Crippen LogP contribution in [0.2, 0.25) is 0 Å². The van der Waals surface area contributed by atoms with Crippen LogP contribution in [0.4, 0.5) is 0 Å². The zero-order valence-electron chi connectivity index (χ0n) is 18.3. The molecule has 4 rings (SSSR count). The number of aliphatic hydroxyl groups is 1. The standard InChI is InChI=1S/C27H29IO5/c28-24-26(32-18-22-14-8-3-9-15-22)25(31-17-21-12-6-2-7-13-21)23(33-27(24)29)19-30-16-20-10-4-1-5-11-20/h1-15,23-27,29H,16-19H2/t23-,24+,25-,26-,27+/m1/s1. The Morgan fingerprint density at radius 3 is 1.64 bits per heavy atom. The lowest BCUT2D eigenvalue weighted by molar-refractivity contribution is -0.258. The highest BCUT2D eigenvalue weighted by Crippen LogP contribution is 2.31. The maximum atomic E-state index is 10.6. The summed E-state index contributed by atoms with van der Waals surface area (Å²) < 4.78 is 24.3. The molecule has 6 heteroatoms. The third-order valence-corrected chi connectivity index (χ3v) is 6.88. The second-order valence-corrected chi connectivity index (χ2v) is 9.47. The molecule has 0 spiro atoms.